The second-order valence-electron chi connectivity index (χ2n) is 4.17. The molecule has 0 aliphatic carbocycles. The first kappa shape index (κ1) is 15.0. The number of carbonyl (C=O) groups excluding carboxylic acids is 2. The minimum atomic E-state index is -1.03. The topological polar surface area (TPSA) is 75.3 Å². The van der Waals surface area contributed by atoms with Gasteiger partial charge in [0.05, 0.1) is 6.42 Å². The van der Waals surface area contributed by atoms with Crippen LogP contribution in [0.2, 0.25) is 0 Å². The molecule has 1 rings (SSSR count). The van der Waals surface area contributed by atoms with Crippen molar-refractivity contribution in [1.82, 2.24) is 5.32 Å². The molecule has 5 nitrogen and oxygen atoms in total. The molecule has 1 amide bonds. The van der Waals surface area contributed by atoms with E-state index in [-0.39, 0.29) is 13.0 Å². The van der Waals surface area contributed by atoms with Gasteiger partial charge in [-0.05, 0) is 18.4 Å². The molecule has 5 heteroatoms. The van der Waals surface area contributed by atoms with Crippen molar-refractivity contribution in [3.05, 3.63) is 35.9 Å². The molecule has 0 aliphatic rings. The van der Waals surface area contributed by atoms with Gasteiger partial charge in [0.1, 0.15) is 6.61 Å². The smallest absolute Gasteiger partial charge is 0.407 e. The lowest BCUT2D eigenvalue weighted by Crippen LogP contribution is -2.25. The first-order valence-corrected chi connectivity index (χ1v) is 6.33. The number of hydrogen-bond donors (Lipinski definition) is 1. The van der Waals surface area contributed by atoms with Gasteiger partial charge in [0.25, 0.3) is 0 Å². The second-order valence-corrected chi connectivity index (χ2v) is 4.17. The van der Waals surface area contributed by atoms with Crippen LogP contribution in [0, 0.1) is 0 Å². The van der Waals surface area contributed by atoms with E-state index in [1.165, 1.54) is 0 Å². The van der Waals surface area contributed by atoms with Gasteiger partial charge in [-0.15, -0.1) is 0 Å². The Morgan fingerprint density at radius 3 is 2.47 bits per heavy atom. The van der Waals surface area contributed by atoms with E-state index < -0.39 is 12.1 Å². The van der Waals surface area contributed by atoms with Gasteiger partial charge in [-0.1, -0.05) is 36.8 Å². The maximum Gasteiger partial charge on any atom is 0.407 e. The molecule has 1 radical (unpaired) electrons. The average Bonchev–Trinajstić information content (AvgIpc) is 2.41. The molecule has 0 fully saturated rings. The number of ether oxygens (including phenoxy) is 1. The van der Waals surface area contributed by atoms with Crippen LogP contribution in [-0.2, 0) is 21.2 Å². The van der Waals surface area contributed by atoms with Crippen LogP contribution in [0.5, 0.6) is 0 Å². The molecule has 0 aromatic heterocycles. The quantitative estimate of drug-likeness (QED) is 0.733. The Balaban J connectivity index is 2.01. The lowest BCUT2D eigenvalue weighted by atomic mass is 10.2. The Morgan fingerprint density at radius 2 is 1.79 bits per heavy atom. The highest BCUT2D eigenvalue weighted by Gasteiger charge is 2.02. The van der Waals surface area contributed by atoms with Crippen molar-refractivity contribution >= 4 is 12.1 Å². The highest BCUT2D eigenvalue weighted by Crippen LogP contribution is 2.01. The number of rotatable bonds is 8. The summed E-state index contributed by atoms with van der Waals surface area (Å²) >= 11 is 0. The molecule has 0 saturated carbocycles. The Hall–Kier alpha value is -2.04. The van der Waals surface area contributed by atoms with E-state index in [4.69, 9.17) is 4.74 Å². The SMILES string of the molecule is [O]C(=O)CCCCCNC(=O)OCc1ccccc1. The lowest BCUT2D eigenvalue weighted by molar-refractivity contribution is -0.143. The number of amides is 1. The lowest BCUT2D eigenvalue weighted by Gasteiger charge is -2.06. The Labute approximate surface area is 112 Å². The number of nitrogens with one attached hydrogen (secondary N) is 1. The first-order valence-electron chi connectivity index (χ1n) is 6.33. The van der Waals surface area contributed by atoms with Gasteiger partial charge in [-0.25, -0.2) is 14.7 Å². The van der Waals surface area contributed by atoms with Crippen LogP contribution in [0.15, 0.2) is 30.3 Å². The number of unbranched alkanes of at least 4 members (excludes halogenated alkanes) is 2. The van der Waals surface area contributed by atoms with Gasteiger partial charge in [0.15, 0.2) is 0 Å². The van der Waals surface area contributed by atoms with Crippen molar-refractivity contribution in [1.29, 1.82) is 0 Å². The molecular weight excluding hydrogens is 246 g/mol. The summed E-state index contributed by atoms with van der Waals surface area (Å²) in [5.41, 5.74) is 0.937. The van der Waals surface area contributed by atoms with Crippen molar-refractivity contribution in [2.24, 2.45) is 0 Å². The van der Waals surface area contributed by atoms with E-state index in [2.05, 4.69) is 5.32 Å². The largest absolute Gasteiger partial charge is 0.445 e. The van der Waals surface area contributed by atoms with E-state index >= 15 is 0 Å². The number of alkyl carbamates (subject to hydrolysis) is 1. The van der Waals surface area contributed by atoms with Crippen molar-refractivity contribution in [3.63, 3.8) is 0 Å². The molecule has 103 valence electrons. The van der Waals surface area contributed by atoms with Crippen LogP contribution in [0.4, 0.5) is 4.79 Å². The standard InChI is InChI=1S/C14H18NO4/c16-13(17)9-5-2-6-10-15-14(18)19-11-12-7-3-1-4-8-12/h1,3-4,7-8H,2,5-6,9-11H2,(H,15,18). The molecule has 0 heterocycles. The van der Waals surface area contributed by atoms with Crippen LogP contribution in [-0.4, -0.2) is 18.6 Å². The van der Waals surface area contributed by atoms with Crippen LogP contribution in [0.25, 0.3) is 0 Å². The molecule has 0 spiro atoms. The summed E-state index contributed by atoms with van der Waals surface area (Å²) in [5.74, 6) is -1.03. The summed E-state index contributed by atoms with van der Waals surface area (Å²) in [4.78, 5) is 21.5. The highest BCUT2D eigenvalue weighted by atomic mass is 16.5. The molecule has 19 heavy (non-hydrogen) atoms. The van der Waals surface area contributed by atoms with Crippen molar-refractivity contribution in [2.75, 3.05) is 6.54 Å². The zero-order valence-electron chi connectivity index (χ0n) is 10.8. The maximum absolute atomic E-state index is 11.3. The average molecular weight is 264 g/mol. The third kappa shape index (κ3) is 7.81. The molecule has 0 saturated heterocycles. The van der Waals surface area contributed by atoms with Gasteiger partial charge in [0, 0.05) is 6.54 Å². The maximum atomic E-state index is 11.3. The Morgan fingerprint density at radius 1 is 1.05 bits per heavy atom. The van der Waals surface area contributed by atoms with E-state index in [9.17, 15) is 14.7 Å². The monoisotopic (exact) mass is 264 g/mol. The summed E-state index contributed by atoms with van der Waals surface area (Å²) in [5, 5.41) is 12.8. The van der Waals surface area contributed by atoms with Gasteiger partial charge in [-0.2, -0.15) is 0 Å². The molecule has 1 aromatic rings. The highest BCUT2D eigenvalue weighted by molar-refractivity contribution is 5.67. The number of hydrogen-bond acceptors (Lipinski definition) is 3. The predicted octanol–water partition coefficient (Wildman–Crippen LogP) is 2.43. The van der Waals surface area contributed by atoms with E-state index in [0.29, 0.717) is 13.0 Å². The summed E-state index contributed by atoms with van der Waals surface area (Å²) in [6.07, 6.45) is 1.66. The molecule has 0 bridgehead atoms. The van der Waals surface area contributed by atoms with Crippen LogP contribution < -0.4 is 5.32 Å². The Kier molecular flexibility index (Phi) is 7.09. The van der Waals surface area contributed by atoms with E-state index in [0.717, 1.165) is 18.4 Å². The van der Waals surface area contributed by atoms with Gasteiger partial charge >= 0.3 is 12.1 Å². The minimum Gasteiger partial charge on any atom is -0.445 e. The summed E-state index contributed by atoms with van der Waals surface area (Å²) in [7, 11) is 0. The molecule has 0 aliphatic heterocycles. The fraction of sp³-hybridized carbons (Fsp3) is 0.429. The van der Waals surface area contributed by atoms with Gasteiger partial charge in [-0.3, -0.25) is 0 Å². The fourth-order valence-corrected chi connectivity index (χ4v) is 1.54. The third-order valence-corrected chi connectivity index (χ3v) is 2.54. The second kappa shape index (κ2) is 8.97. The molecule has 0 unspecified atom stereocenters. The van der Waals surface area contributed by atoms with Crippen molar-refractivity contribution in [2.45, 2.75) is 32.3 Å². The summed E-state index contributed by atoms with van der Waals surface area (Å²) < 4.78 is 5.02. The number of benzene rings is 1. The van der Waals surface area contributed by atoms with E-state index in [1.807, 2.05) is 30.3 Å². The predicted molar refractivity (Wildman–Crippen MR) is 68.8 cm³/mol. The molecule has 1 aromatic carbocycles. The zero-order valence-corrected chi connectivity index (χ0v) is 10.8. The normalized spacial score (nSPS) is 9.89. The van der Waals surface area contributed by atoms with Crippen LogP contribution in [0.1, 0.15) is 31.2 Å². The van der Waals surface area contributed by atoms with Gasteiger partial charge in [0.2, 0.25) is 0 Å². The van der Waals surface area contributed by atoms with Gasteiger partial charge < -0.3 is 10.1 Å². The third-order valence-electron chi connectivity index (χ3n) is 2.54. The molecule has 1 N–H and O–H groups in total. The number of carbonyl (C=O) groups is 2. The molecular formula is C14H18NO4. The van der Waals surface area contributed by atoms with Crippen LogP contribution >= 0.6 is 0 Å². The fourth-order valence-electron chi connectivity index (χ4n) is 1.54. The minimum absolute atomic E-state index is 0.0679. The van der Waals surface area contributed by atoms with Crippen molar-refractivity contribution in [3.8, 4) is 0 Å². The summed E-state index contributed by atoms with van der Waals surface area (Å²) in [6.45, 7) is 0.734. The first-order chi connectivity index (χ1) is 9.18. The summed E-state index contributed by atoms with van der Waals surface area (Å²) in [6, 6.07) is 9.43. The van der Waals surface area contributed by atoms with Crippen molar-refractivity contribution < 1.29 is 19.4 Å². The Bertz CT molecular complexity index is 392. The van der Waals surface area contributed by atoms with E-state index in [1.54, 1.807) is 0 Å². The van der Waals surface area contributed by atoms with Crippen LogP contribution in [0.3, 0.4) is 0 Å². The molecule has 0 atom stereocenters. The zero-order chi connectivity index (χ0) is 13.9.